The van der Waals surface area contributed by atoms with E-state index < -0.39 is 58.8 Å². The summed E-state index contributed by atoms with van der Waals surface area (Å²) in [6.07, 6.45) is -2.47. The van der Waals surface area contributed by atoms with Gasteiger partial charge in [0.15, 0.2) is 12.2 Å². The highest BCUT2D eigenvalue weighted by Crippen LogP contribution is 2.43. The molecule has 46 heavy (non-hydrogen) atoms. The normalized spacial score (nSPS) is 19.0. The Labute approximate surface area is 275 Å². The number of hydrogen-bond donors (Lipinski definition) is 5. The Morgan fingerprint density at radius 3 is 2.41 bits per heavy atom. The van der Waals surface area contributed by atoms with Crippen molar-refractivity contribution in [1.82, 2.24) is 20.7 Å². The van der Waals surface area contributed by atoms with Crippen LogP contribution in [-0.2, 0) is 25.0 Å². The number of alkyl halides is 2. The third-order valence-electron chi connectivity index (χ3n) is 7.73. The van der Waals surface area contributed by atoms with Crippen LogP contribution in [0.3, 0.4) is 0 Å². The number of aliphatic hydroxyl groups excluding tert-OH is 1. The molecule has 1 saturated heterocycles. The van der Waals surface area contributed by atoms with Crippen molar-refractivity contribution in [1.29, 1.82) is 0 Å². The molecule has 2 aliphatic rings. The van der Waals surface area contributed by atoms with E-state index in [1.165, 1.54) is 30.3 Å². The van der Waals surface area contributed by atoms with Crippen LogP contribution in [0.2, 0.25) is 5.02 Å². The molecule has 5 N–H and O–H groups in total. The van der Waals surface area contributed by atoms with Gasteiger partial charge in [-0.25, -0.2) is 4.79 Å². The second-order valence-electron chi connectivity index (χ2n) is 12.0. The van der Waals surface area contributed by atoms with Crippen molar-refractivity contribution in [2.75, 3.05) is 6.54 Å². The molecule has 4 rings (SSSR count). The lowest BCUT2D eigenvalue weighted by molar-refractivity contribution is -0.133. The lowest BCUT2D eigenvalue weighted by Crippen LogP contribution is -2.54. The van der Waals surface area contributed by atoms with E-state index in [1.54, 1.807) is 18.2 Å². The number of halogens is 3. The number of benzene rings is 2. The summed E-state index contributed by atoms with van der Waals surface area (Å²) in [6, 6.07) is 11.5. The minimum atomic E-state index is -3.67. The third-order valence-corrected chi connectivity index (χ3v) is 8.94. The van der Waals surface area contributed by atoms with E-state index in [1.807, 2.05) is 13.8 Å². The van der Waals surface area contributed by atoms with Crippen LogP contribution in [0.4, 0.5) is 13.6 Å². The van der Waals surface area contributed by atoms with E-state index in [9.17, 15) is 24.3 Å². The zero-order valence-corrected chi connectivity index (χ0v) is 27.1. The van der Waals surface area contributed by atoms with Gasteiger partial charge in [-0.1, -0.05) is 67.9 Å². The monoisotopic (exact) mass is 680 g/mol. The number of rotatable bonds is 15. The molecular weight excluding hydrogens is 642 g/mol. The maximum absolute atomic E-state index is 15.8. The number of nitrogens with one attached hydrogen (secondary N) is 4. The van der Waals surface area contributed by atoms with Gasteiger partial charge in [-0.3, -0.25) is 19.1 Å². The Balaban J connectivity index is 1.46. The standard InChI is InChI=1S/C32H39ClF2N4O6S/c1-18(2)15-25(29(42)38-24(16-20-13-14-36-28(20)41)26(40)30(43)37-23-11-12-23)46-39-31(44)45-27(19-7-4-3-5-8-19)32(34,35)21-9-6-10-22(33)17-21/h3-10,17-18,20,23-27,40H,11-16H2,1-2H3,(H,36,41)(H,37,43)(H,38,42)(H,39,44)/t20-,24-,25-,26?,27+/m0/s1. The van der Waals surface area contributed by atoms with Crippen molar-refractivity contribution in [3.63, 3.8) is 0 Å². The van der Waals surface area contributed by atoms with Crippen molar-refractivity contribution in [2.45, 2.75) is 81.4 Å². The molecule has 10 nitrogen and oxygen atoms in total. The van der Waals surface area contributed by atoms with Crippen LogP contribution in [0.15, 0.2) is 54.6 Å². The first-order valence-corrected chi connectivity index (χ1v) is 16.5. The van der Waals surface area contributed by atoms with E-state index in [2.05, 4.69) is 20.7 Å². The summed E-state index contributed by atoms with van der Waals surface area (Å²) in [6.45, 7) is 4.16. The number of carbonyl (C=O) groups excluding carboxylic acids is 4. The fourth-order valence-corrected chi connectivity index (χ4v) is 6.26. The highest BCUT2D eigenvalue weighted by molar-refractivity contribution is 7.99. The van der Waals surface area contributed by atoms with Crippen LogP contribution < -0.4 is 20.7 Å². The smallest absolute Gasteiger partial charge is 0.418 e. The SMILES string of the molecule is CC(C)C[C@H](SNC(=O)O[C@H](c1ccccc1)C(F)(F)c1cccc(Cl)c1)C(=O)N[C@@H](C[C@@H]1CCNC1=O)C(O)C(=O)NC1CC1. The largest absolute Gasteiger partial charge is 0.434 e. The molecule has 0 bridgehead atoms. The highest BCUT2D eigenvalue weighted by Gasteiger charge is 2.46. The van der Waals surface area contributed by atoms with Crippen LogP contribution in [0.25, 0.3) is 0 Å². The minimum absolute atomic E-state index is 0.0290. The summed E-state index contributed by atoms with van der Waals surface area (Å²) in [5, 5.41) is 18.2. The van der Waals surface area contributed by atoms with Crippen LogP contribution in [-0.4, -0.2) is 58.9 Å². The Hall–Kier alpha value is -3.42. The predicted molar refractivity (Wildman–Crippen MR) is 170 cm³/mol. The summed E-state index contributed by atoms with van der Waals surface area (Å²) >= 11 is 6.64. The molecule has 14 heteroatoms. The molecule has 2 fully saturated rings. The van der Waals surface area contributed by atoms with Crippen LogP contribution >= 0.6 is 23.5 Å². The summed E-state index contributed by atoms with van der Waals surface area (Å²) in [4.78, 5) is 51.5. The zero-order chi connectivity index (χ0) is 33.4. The first kappa shape index (κ1) is 35.4. The molecular formula is C32H39ClF2N4O6S. The number of carbonyl (C=O) groups is 4. The van der Waals surface area contributed by atoms with Crippen LogP contribution in [0.1, 0.15) is 63.2 Å². The molecule has 0 spiro atoms. The molecule has 1 saturated carbocycles. The lowest BCUT2D eigenvalue weighted by atomic mass is 9.94. The molecule has 2 aromatic carbocycles. The second kappa shape index (κ2) is 15.9. The second-order valence-corrected chi connectivity index (χ2v) is 13.5. The molecule has 0 radical (unpaired) electrons. The summed E-state index contributed by atoms with van der Waals surface area (Å²) < 4.78 is 39.2. The summed E-state index contributed by atoms with van der Waals surface area (Å²) in [5.74, 6) is -5.69. The molecule has 1 aliphatic carbocycles. The minimum Gasteiger partial charge on any atom is -0.434 e. The van der Waals surface area contributed by atoms with Gasteiger partial charge in [-0.15, -0.1) is 0 Å². The average Bonchev–Trinajstić information content (AvgIpc) is 3.75. The number of amides is 4. The van der Waals surface area contributed by atoms with Crippen molar-refractivity contribution < 1.29 is 37.8 Å². The summed E-state index contributed by atoms with van der Waals surface area (Å²) in [5.41, 5.74) is -0.404. The van der Waals surface area contributed by atoms with Gasteiger partial charge in [0.25, 0.3) is 5.91 Å². The fourth-order valence-electron chi connectivity index (χ4n) is 5.13. The van der Waals surface area contributed by atoms with Crippen LogP contribution in [0, 0.1) is 11.8 Å². The van der Waals surface area contributed by atoms with Gasteiger partial charge in [-0.2, -0.15) is 8.78 Å². The van der Waals surface area contributed by atoms with Gasteiger partial charge in [0.05, 0.1) is 6.04 Å². The molecule has 2 aromatic rings. The molecule has 5 atom stereocenters. The van der Waals surface area contributed by atoms with E-state index in [0.717, 1.165) is 18.9 Å². The Bertz CT molecular complexity index is 1380. The van der Waals surface area contributed by atoms with Crippen molar-refractivity contribution in [3.8, 4) is 0 Å². The van der Waals surface area contributed by atoms with Crippen molar-refractivity contribution in [2.24, 2.45) is 11.8 Å². The van der Waals surface area contributed by atoms with Gasteiger partial charge < -0.3 is 25.8 Å². The molecule has 250 valence electrons. The van der Waals surface area contributed by atoms with Crippen molar-refractivity contribution >= 4 is 47.4 Å². The highest BCUT2D eigenvalue weighted by atomic mass is 35.5. The predicted octanol–water partition coefficient (Wildman–Crippen LogP) is 4.61. The molecule has 4 amide bonds. The topological polar surface area (TPSA) is 146 Å². The number of aliphatic hydroxyl groups is 1. The first-order valence-electron chi connectivity index (χ1n) is 15.2. The Morgan fingerprint density at radius 2 is 1.80 bits per heavy atom. The Morgan fingerprint density at radius 1 is 1.09 bits per heavy atom. The van der Waals surface area contributed by atoms with Crippen molar-refractivity contribution in [3.05, 3.63) is 70.7 Å². The fraction of sp³-hybridized carbons (Fsp3) is 0.500. The number of ether oxygens (including phenoxy) is 1. The van der Waals surface area contributed by atoms with Gasteiger partial charge in [0.2, 0.25) is 11.8 Å². The quantitative estimate of drug-likeness (QED) is 0.173. The maximum atomic E-state index is 15.8. The van der Waals surface area contributed by atoms with E-state index in [0.29, 0.717) is 24.9 Å². The Kier molecular flexibility index (Phi) is 12.3. The van der Waals surface area contributed by atoms with E-state index >= 15 is 8.78 Å². The van der Waals surface area contributed by atoms with Gasteiger partial charge >= 0.3 is 12.0 Å². The zero-order valence-electron chi connectivity index (χ0n) is 25.5. The molecule has 1 unspecified atom stereocenters. The maximum Gasteiger partial charge on any atom is 0.418 e. The summed E-state index contributed by atoms with van der Waals surface area (Å²) in [7, 11) is 0. The van der Waals surface area contributed by atoms with E-state index in [4.69, 9.17) is 16.3 Å². The lowest BCUT2D eigenvalue weighted by Gasteiger charge is -2.29. The average molecular weight is 681 g/mol. The van der Waals surface area contributed by atoms with Gasteiger partial charge in [-0.05, 0) is 67.7 Å². The molecule has 1 aliphatic heterocycles. The number of hydrogen-bond acceptors (Lipinski definition) is 7. The van der Waals surface area contributed by atoms with E-state index in [-0.39, 0.29) is 41.3 Å². The molecule has 1 heterocycles. The third kappa shape index (κ3) is 9.79. The first-order chi connectivity index (χ1) is 21.8. The van der Waals surface area contributed by atoms with Crippen LogP contribution in [0.5, 0.6) is 0 Å². The van der Waals surface area contributed by atoms with Gasteiger partial charge in [0.1, 0.15) is 5.25 Å². The van der Waals surface area contributed by atoms with Gasteiger partial charge in [0, 0.05) is 29.1 Å². The molecule has 0 aromatic heterocycles.